The molecular weight excluding hydrogens is 373 g/mol. The number of nitrogens with one attached hydrogen (secondary N) is 2. The predicted molar refractivity (Wildman–Crippen MR) is 106 cm³/mol. The average molecular weight is 391 g/mol. The maximum absolute atomic E-state index is 13.8. The molecule has 2 aromatic heterocycles. The van der Waals surface area contributed by atoms with E-state index in [-0.39, 0.29) is 18.3 Å². The first kappa shape index (κ1) is 18.4. The number of rotatable bonds is 6. The Morgan fingerprint density at radius 3 is 2.86 bits per heavy atom. The fourth-order valence-corrected chi connectivity index (χ4v) is 2.87. The van der Waals surface area contributed by atoms with Crippen molar-refractivity contribution in [2.45, 2.75) is 6.54 Å². The van der Waals surface area contributed by atoms with Crippen molar-refractivity contribution in [3.8, 4) is 17.0 Å². The van der Waals surface area contributed by atoms with E-state index in [1.807, 2.05) is 24.3 Å². The monoisotopic (exact) mass is 391 g/mol. The molecule has 0 unspecified atom stereocenters. The Hall–Kier alpha value is -3.94. The van der Waals surface area contributed by atoms with Crippen LogP contribution in [0.15, 0.2) is 66.9 Å². The van der Waals surface area contributed by atoms with Crippen molar-refractivity contribution in [3.05, 3.63) is 83.9 Å². The Morgan fingerprint density at radius 1 is 1.17 bits per heavy atom. The molecule has 2 heterocycles. The molecule has 0 bridgehead atoms. The van der Waals surface area contributed by atoms with Crippen LogP contribution in [0, 0.1) is 5.82 Å². The summed E-state index contributed by atoms with van der Waals surface area (Å²) in [6.07, 6.45) is 1.68. The van der Waals surface area contributed by atoms with Crippen LogP contribution < -0.4 is 10.1 Å². The Bertz CT molecular complexity index is 1150. The lowest BCUT2D eigenvalue weighted by Gasteiger charge is -2.03. The van der Waals surface area contributed by atoms with Gasteiger partial charge in [-0.05, 0) is 24.3 Å². The summed E-state index contributed by atoms with van der Waals surface area (Å²) in [6, 6.07) is 17.2. The maximum Gasteiger partial charge on any atom is 0.274 e. The van der Waals surface area contributed by atoms with Crippen LogP contribution in [0.3, 0.4) is 0 Å². The van der Waals surface area contributed by atoms with E-state index in [0.717, 1.165) is 5.56 Å². The number of nitrogens with zero attached hydrogens (tertiary/aromatic N) is 3. The predicted octanol–water partition coefficient (Wildman–Crippen LogP) is 3.72. The molecule has 0 aliphatic carbocycles. The third-order valence-electron chi connectivity index (χ3n) is 4.36. The van der Waals surface area contributed by atoms with Gasteiger partial charge in [-0.1, -0.05) is 30.3 Å². The van der Waals surface area contributed by atoms with Gasteiger partial charge in [-0.25, -0.2) is 4.39 Å². The molecule has 2 N–H and O–H groups in total. The van der Waals surface area contributed by atoms with Gasteiger partial charge in [0.05, 0.1) is 19.3 Å². The van der Waals surface area contributed by atoms with Gasteiger partial charge in [0.1, 0.15) is 17.3 Å². The number of aromatic nitrogens is 4. The van der Waals surface area contributed by atoms with E-state index in [1.54, 1.807) is 48.3 Å². The van der Waals surface area contributed by atoms with Gasteiger partial charge in [-0.2, -0.15) is 10.2 Å². The fourth-order valence-electron chi connectivity index (χ4n) is 2.87. The molecule has 0 fully saturated rings. The van der Waals surface area contributed by atoms with Crippen molar-refractivity contribution in [1.82, 2.24) is 20.0 Å². The van der Waals surface area contributed by atoms with Crippen LogP contribution in [-0.2, 0) is 6.54 Å². The summed E-state index contributed by atoms with van der Waals surface area (Å²) >= 11 is 0. The number of benzene rings is 2. The lowest BCUT2D eigenvalue weighted by molar-refractivity contribution is 0.102. The van der Waals surface area contributed by atoms with Crippen LogP contribution in [0.4, 0.5) is 10.2 Å². The van der Waals surface area contributed by atoms with Crippen LogP contribution in [0.1, 0.15) is 16.1 Å². The van der Waals surface area contributed by atoms with Gasteiger partial charge >= 0.3 is 0 Å². The first-order valence-corrected chi connectivity index (χ1v) is 8.90. The molecule has 4 aromatic rings. The molecule has 0 saturated heterocycles. The van der Waals surface area contributed by atoms with Crippen molar-refractivity contribution >= 4 is 11.7 Å². The van der Waals surface area contributed by atoms with E-state index >= 15 is 0 Å². The Kier molecular flexibility index (Phi) is 5.07. The van der Waals surface area contributed by atoms with Gasteiger partial charge in [0.2, 0.25) is 0 Å². The Labute approximate surface area is 166 Å². The van der Waals surface area contributed by atoms with Crippen LogP contribution in [0.25, 0.3) is 11.3 Å². The molecule has 0 aliphatic rings. The smallest absolute Gasteiger partial charge is 0.274 e. The highest BCUT2D eigenvalue weighted by molar-refractivity contribution is 6.02. The lowest BCUT2D eigenvalue weighted by Crippen LogP contribution is -2.13. The van der Waals surface area contributed by atoms with E-state index in [0.29, 0.717) is 28.5 Å². The summed E-state index contributed by atoms with van der Waals surface area (Å²) < 4.78 is 20.5. The number of ether oxygens (including phenoxy) is 1. The molecule has 2 aromatic carbocycles. The molecular formula is C21H18FN5O2. The van der Waals surface area contributed by atoms with Crippen molar-refractivity contribution in [1.29, 1.82) is 0 Å². The number of carbonyl (C=O) groups excluding carboxylic acids is 1. The molecule has 0 saturated carbocycles. The molecule has 1 amide bonds. The van der Waals surface area contributed by atoms with Gasteiger partial charge in [-0.15, -0.1) is 0 Å². The molecule has 8 heteroatoms. The molecule has 0 radical (unpaired) electrons. The van der Waals surface area contributed by atoms with Crippen LogP contribution >= 0.6 is 0 Å². The number of hydrogen-bond donors (Lipinski definition) is 2. The second kappa shape index (κ2) is 7.97. The van der Waals surface area contributed by atoms with E-state index in [1.165, 1.54) is 6.07 Å². The summed E-state index contributed by atoms with van der Waals surface area (Å²) in [5, 5.41) is 13.9. The summed E-state index contributed by atoms with van der Waals surface area (Å²) in [6.45, 7) is 0.270. The van der Waals surface area contributed by atoms with Crippen molar-refractivity contribution < 1.29 is 13.9 Å². The highest BCUT2D eigenvalue weighted by Crippen LogP contribution is 2.22. The minimum atomic E-state index is -0.372. The number of carbonyl (C=O) groups is 1. The summed E-state index contributed by atoms with van der Waals surface area (Å²) in [7, 11) is 1.59. The zero-order valence-corrected chi connectivity index (χ0v) is 15.6. The lowest BCUT2D eigenvalue weighted by atomic mass is 10.1. The standard InChI is InChI=1S/C21H18FN5O2/c1-29-16-7-4-6-14(11-16)18-12-19(25-24-18)21(28)23-20-9-10-27(26-20)13-15-5-2-3-8-17(15)22/h2-12H,13H2,1H3,(H,24,25)(H,23,26,28). The van der Waals surface area contributed by atoms with Crippen molar-refractivity contribution in [2.75, 3.05) is 12.4 Å². The number of methoxy groups -OCH3 is 1. The highest BCUT2D eigenvalue weighted by Gasteiger charge is 2.13. The first-order chi connectivity index (χ1) is 14.1. The van der Waals surface area contributed by atoms with Gasteiger partial charge < -0.3 is 10.1 Å². The SMILES string of the molecule is COc1cccc(-c2cc(C(=O)Nc3ccn(Cc4ccccc4F)n3)[nH]n2)c1. The number of H-pyrrole nitrogens is 1. The number of aromatic amines is 1. The van der Waals surface area contributed by atoms with Gasteiger partial charge in [0, 0.05) is 23.4 Å². The zero-order chi connectivity index (χ0) is 20.2. The summed E-state index contributed by atoms with van der Waals surface area (Å²) in [5.41, 5.74) is 2.27. The molecule has 0 spiro atoms. The summed E-state index contributed by atoms with van der Waals surface area (Å²) in [5.74, 6) is 0.402. The molecule has 0 atom stereocenters. The van der Waals surface area contributed by atoms with Crippen LogP contribution in [0.2, 0.25) is 0 Å². The second-order valence-electron chi connectivity index (χ2n) is 6.34. The zero-order valence-electron chi connectivity index (χ0n) is 15.6. The number of halogens is 1. The molecule has 0 aliphatic heterocycles. The Morgan fingerprint density at radius 2 is 2.03 bits per heavy atom. The fraction of sp³-hybridized carbons (Fsp3) is 0.0952. The van der Waals surface area contributed by atoms with E-state index in [9.17, 15) is 9.18 Å². The first-order valence-electron chi connectivity index (χ1n) is 8.90. The molecule has 4 rings (SSSR count). The number of anilines is 1. The van der Waals surface area contributed by atoms with Crippen molar-refractivity contribution in [3.63, 3.8) is 0 Å². The van der Waals surface area contributed by atoms with E-state index < -0.39 is 0 Å². The quantitative estimate of drug-likeness (QED) is 0.525. The highest BCUT2D eigenvalue weighted by atomic mass is 19.1. The minimum Gasteiger partial charge on any atom is -0.497 e. The maximum atomic E-state index is 13.8. The average Bonchev–Trinajstić information content (AvgIpc) is 3.40. The topological polar surface area (TPSA) is 84.8 Å². The van der Waals surface area contributed by atoms with Gasteiger partial charge in [0.15, 0.2) is 5.82 Å². The van der Waals surface area contributed by atoms with Crippen molar-refractivity contribution in [2.24, 2.45) is 0 Å². The second-order valence-corrected chi connectivity index (χ2v) is 6.34. The largest absolute Gasteiger partial charge is 0.497 e. The van der Waals surface area contributed by atoms with E-state index in [4.69, 9.17) is 4.74 Å². The minimum absolute atomic E-state index is 0.270. The molecule has 29 heavy (non-hydrogen) atoms. The van der Waals surface area contributed by atoms with E-state index in [2.05, 4.69) is 20.6 Å². The van der Waals surface area contributed by atoms with Crippen LogP contribution in [0.5, 0.6) is 5.75 Å². The Balaban J connectivity index is 1.44. The van der Waals surface area contributed by atoms with Gasteiger partial charge in [-0.3, -0.25) is 14.6 Å². The third kappa shape index (κ3) is 4.16. The number of amides is 1. The van der Waals surface area contributed by atoms with Crippen LogP contribution in [-0.4, -0.2) is 33.0 Å². The number of hydrogen-bond acceptors (Lipinski definition) is 4. The normalized spacial score (nSPS) is 10.7. The third-order valence-corrected chi connectivity index (χ3v) is 4.36. The van der Waals surface area contributed by atoms with Gasteiger partial charge in [0.25, 0.3) is 5.91 Å². The molecule has 7 nitrogen and oxygen atoms in total. The summed E-state index contributed by atoms with van der Waals surface area (Å²) in [4.78, 5) is 12.5. The molecule has 146 valence electrons.